The minimum absolute atomic E-state index is 0.00680. The first-order valence-corrected chi connectivity index (χ1v) is 7.42. The lowest BCUT2D eigenvalue weighted by Gasteiger charge is -2.17. The molecular weight excluding hydrogens is 266 g/mol. The molecule has 1 unspecified atom stereocenters. The average molecular weight is 287 g/mol. The van der Waals surface area contributed by atoms with E-state index >= 15 is 0 Å². The molecule has 2 aromatic rings. The number of carboxylic acids is 1. The predicted molar refractivity (Wildman–Crippen MR) is 81.4 cm³/mol. The van der Waals surface area contributed by atoms with Gasteiger partial charge in [0.25, 0.3) is 0 Å². The lowest BCUT2D eigenvalue weighted by Crippen LogP contribution is -2.26. The zero-order chi connectivity index (χ0) is 15.0. The maximum Gasteiger partial charge on any atom is 0.371 e. The van der Waals surface area contributed by atoms with Gasteiger partial charge in [-0.05, 0) is 48.4 Å². The minimum atomic E-state index is -1.03. The Bertz CT molecular complexity index is 672. The molecule has 4 heteroatoms. The van der Waals surface area contributed by atoms with E-state index in [0.717, 1.165) is 17.5 Å². The monoisotopic (exact) mass is 287 g/mol. The second kappa shape index (κ2) is 5.19. The van der Waals surface area contributed by atoms with E-state index in [-0.39, 0.29) is 5.76 Å². The third-order valence-corrected chi connectivity index (χ3v) is 4.35. The molecule has 2 N–H and O–H groups in total. The van der Waals surface area contributed by atoms with Gasteiger partial charge in [-0.2, -0.15) is 0 Å². The molecule has 1 saturated carbocycles. The van der Waals surface area contributed by atoms with Gasteiger partial charge in [-0.3, -0.25) is 0 Å². The summed E-state index contributed by atoms with van der Waals surface area (Å²) < 4.78 is 5.27. The van der Waals surface area contributed by atoms with Crippen molar-refractivity contribution in [3.8, 4) is 0 Å². The molecule has 0 amide bonds. The molecule has 1 atom stereocenters. The van der Waals surface area contributed by atoms with Gasteiger partial charge in [0.05, 0.1) is 0 Å². The minimum Gasteiger partial charge on any atom is -0.475 e. The van der Waals surface area contributed by atoms with E-state index in [4.69, 9.17) is 9.52 Å². The van der Waals surface area contributed by atoms with Gasteiger partial charge in [0, 0.05) is 18.0 Å². The number of aromatic carboxylic acids is 1. The Morgan fingerprint density at radius 3 is 2.90 bits per heavy atom. The van der Waals surface area contributed by atoms with Crippen LogP contribution in [0.25, 0.3) is 11.0 Å². The van der Waals surface area contributed by atoms with Crippen molar-refractivity contribution < 1.29 is 14.3 Å². The highest BCUT2D eigenvalue weighted by atomic mass is 16.4. The number of hydrogen-bond donors (Lipinski definition) is 2. The molecule has 4 nitrogen and oxygen atoms in total. The van der Waals surface area contributed by atoms with Crippen LogP contribution < -0.4 is 5.32 Å². The first kappa shape index (κ1) is 14.1. The summed E-state index contributed by atoms with van der Waals surface area (Å²) >= 11 is 0. The maximum atomic E-state index is 10.9. The number of furan rings is 1. The van der Waals surface area contributed by atoms with E-state index in [0.29, 0.717) is 17.0 Å². The molecule has 1 aromatic heterocycles. The second-order valence-electron chi connectivity index (χ2n) is 6.77. The summed E-state index contributed by atoms with van der Waals surface area (Å²) in [7, 11) is 0. The van der Waals surface area contributed by atoms with E-state index in [1.807, 2.05) is 18.2 Å². The molecular formula is C17H21NO3. The molecule has 21 heavy (non-hydrogen) atoms. The third kappa shape index (κ3) is 3.10. The number of rotatable bonds is 4. The molecule has 0 radical (unpaired) electrons. The standard InChI is InChI=1S/C17H21NO3/c1-17(2)6-5-13(9-17)18-10-11-3-4-14-12(7-11)8-15(21-14)16(19)20/h3-4,7-8,13,18H,5-6,9-10H2,1-2H3,(H,19,20). The molecule has 0 aliphatic heterocycles. The lowest BCUT2D eigenvalue weighted by molar-refractivity contribution is 0.0665. The van der Waals surface area contributed by atoms with Crippen molar-refractivity contribution in [3.63, 3.8) is 0 Å². The van der Waals surface area contributed by atoms with Crippen LogP contribution in [0.3, 0.4) is 0 Å². The van der Waals surface area contributed by atoms with E-state index in [2.05, 4.69) is 19.2 Å². The van der Waals surface area contributed by atoms with Crippen LogP contribution in [0, 0.1) is 5.41 Å². The molecule has 1 aliphatic carbocycles. The summed E-state index contributed by atoms with van der Waals surface area (Å²) in [6.07, 6.45) is 3.71. The smallest absolute Gasteiger partial charge is 0.371 e. The fourth-order valence-corrected chi connectivity index (χ4v) is 3.18. The van der Waals surface area contributed by atoms with Crippen molar-refractivity contribution in [1.29, 1.82) is 0 Å². The highest BCUT2D eigenvalue weighted by Gasteiger charge is 2.30. The molecule has 1 heterocycles. The van der Waals surface area contributed by atoms with Crippen LogP contribution in [0.1, 0.15) is 49.2 Å². The number of benzene rings is 1. The van der Waals surface area contributed by atoms with Gasteiger partial charge >= 0.3 is 5.97 Å². The van der Waals surface area contributed by atoms with Crippen LogP contribution in [0.4, 0.5) is 0 Å². The van der Waals surface area contributed by atoms with Crippen LogP contribution in [0.2, 0.25) is 0 Å². The Balaban J connectivity index is 1.68. The van der Waals surface area contributed by atoms with Crippen LogP contribution in [-0.4, -0.2) is 17.1 Å². The van der Waals surface area contributed by atoms with E-state index in [1.165, 1.54) is 19.3 Å². The number of carboxylic acid groups (broad SMARTS) is 1. The summed E-state index contributed by atoms with van der Waals surface area (Å²) in [5.41, 5.74) is 2.23. The largest absolute Gasteiger partial charge is 0.475 e. The highest BCUT2D eigenvalue weighted by Crippen LogP contribution is 2.37. The van der Waals surface area contributed by atoms with Gasteiger partial charge in [0.15, 0.2) is 0 Å². The van der Waals surface area contributed by atoms with Crippen molar-refractivity contribution >= 4 is 16.9 Å². The number of fused-ring (bicyclic) bond motifs is 1. The average Bonchev–Trinajstić information content (AvgIpc) is 2.99. The van der Waals surface area contributed by atoms with E-state index in [9.17, 15) is 4.79 Å². The fourth-order valence-electron chi connectivity index (χ4n) is 3.18. The molecule has 0 saturated heterocycles. The third-order valence-electron chi connectivity index (χ3n) is 4.35. The molecule has 0 bridgehead atoms. The molecule has 1 aliphatic rings. The molecule has 112 valence electrons. The summed E-state index contributed by atoms with van der Waals surface area (Å²) in [5, 5.41) is 13.4. The highest BCUT2D eigenvalue weighted by molar-refractivity contribution is 5.91. The van der Waals surface area contributed by atoms with Gasteiger partial charge in [-0.25, -0.2) is 4.79 Å². The Morgan fingerprint density at radius 1 is 1.43 bits per heavy atom. The fraction of sp³-hybridized carbons (Fsp3) is 0.471. The molecule has 0 spiro atoms. The van der Waals surface area contributed by atoms with Crippen LogP contribution >= 0.6 is 0 Å². The van der Waals surface area contributed by atoms with Crippen molar-refractivity contribution in [2.45, 2.75) is 45.7 Å². The second-order valence-corrected chi connectivity index (χ2v) is 6.77. The first-order chi connectivity index (χ1) is 9.93. The zero-order valence-corrected chi connectivity index (χ0v) is 12.5. The van der Waals surface area contributed by atoms with Gasteiger partial charge in [-0.15, -0.1) is 0 Å². The SMILES string of the molecule is CC1(C)CCC(NCc2ccc3oc(C(=O)O)cc3c2)C1. The number of hydrogen-bond acceptors (Lipinski definition) is 3. The Labute approximate surface area is 124 Å². The van der Waals surface area contributed by atoms with Crippen molar-refractivity contribution in [3.05, 3.63) is 35.6 Å². The maximum absolute atomic E-state index is 10.9. The Kier molecular flexibility index (Phi) is 3.49. The van der Waals surface area contributed by atoms with E-state index in [1.54, 1.807) is 6.07 Å². The number of carbonyl (C=O) groups is 1. The van der Waals surface area contributed by atoms with Crippen LogP contribution in [0.5, 0.6) is 0 Å². The summed E-state index contributed by atoms with van der Waals surface area (Å²) in [4.78, 5) is 10.9. The predicted octanol–water partition coefficient (Wildman–Crippen LogP) is 3.80. The van der Waals surface area contributed by atoms with Crippen LogP contribution in [-0.2, 0) is 6.54 Å². The van der Waals surface area contributed by atoms with Crippen molar-refractivity contribution in [1.82, 2.24) is 5.32 Å². The van der Waals surface area contributed by atoms with Gasteiger partial charge < -0.3 is 14.8 Å². The molecule has 3 rings (SSSR count). The van der Waals surface area contributed by atoms with Crippen LogP contribution in [0.15, 0.2) is 28.7 Å². The van der Waals surface area contributed by atoms with Gasteiger partial charge in [0.1, 0.15) is 5.58 Å². The normalized spacial score (nSPS) is 21.0. The first-order valence-electron chi connectivity index (χ1n) is 7.42. The Morgan fingerprint density at radius 2 is 2.24 bits per heavy atom. The van der Waals surface area contributed by atoms with Gasteiger partial charge in [-0.1, -0.05) is 19.9 Å². The topological polar surface area (TPSA) is 62.5 Å². The number of nitrogens with one attached hydrogen (secondary N) is 1. The summed E-state index contributed by atoms with van der Waals surface area (Å²) in [5.74, 6) is -1.04. The Hall–Kier alpha value is -1.81. The molecule has 1 aromatic carbocycles. The summed E-state index contributed by atoms with van der Waals surface area (Å²) in [6, 6.07) is 8.00. The van der Waals surface area contributed by atoms with Crippen molar-refractivity contribution in [2.24, 2.45) is 5.41 Å². The molecule has 1 fully saturated rings. The van der Waals surface area contributed by atoms with Gasteiger partial charge in [0.2, 0.25) is 5.76 Å². The summed E-state index contributed by atoms with van der Waals surface area (Å²) in [6.45, 7) is 5.45. The lowest BCUT2D eigenvalue weighted by atomic mass is 9.92. The zero-order valence-electron chi connectivity index (χ0n) is 12.5. The van der Waals surface area contributed by atoms with Crippen molar-refractivity contribution in [2.75, 3.05) is 0 Å². The van der Waals surface area contributed by atoms with E-state index < -0.39 is 5.97 Å². The quantitative estimate of drug-likeness (QED) is 0.898.